The molecule has 23 heavy (non-hydrogen) atoms. The molecule has 1 heterocycles. The average Bonchev–Trinajstić information content (AvgIpc) is 2.91. The van der Waals surface area contributed by atoms with Crippen LogP contribution in [0, 0.1) is 5.92 Å². The van der Waals surface area contributed by atoms with Crippen LogP contribution in [0.4, 0.5) is 0 Å². The first-order chi connectivity index (χ1) is 11.0. The monoisotopic (exact) mass is 380 g/mol. The van der Waals surface area contributed by atoms with Gasteiger partial charge in [0.1, 0.15) is 0 Å². The minimum Gasteiger partial charge on any atom is -0.349 e. The van der Waals surface area contributed by atoms with Crippen LogP contribution in [-0.2, 0) is 9.59 Å². The number of benzene rings is 1. The van der Waals surface area contributed by atoms with Crippen LogP contribution < -0.4 is 5.32 Å². The largest absolute Gasteiger partial charge is 0.349 e. The van der Waals surface area contributed by atoms with E-state index in [9.17, 15) is 9.59 Å². The molecule has 5 heteroatoms. The van der Waals surface area contributed by atoms with E-state index in [1.807, 2.05) is 36.1 Å². The van der Waals surface area contributed by atoms with Gasteiger partial charge in [0.05, 0.1) is 12.0 Å². The van der Waals surface area contributed by atoms with Gasteiger partial charge in [0.15, 0.2) is 0 Å². The van der Waals surface area contributed by atoms with Gasteiger partial charge in [-0.15, -0.1) is 0 Å². The molecule has 1 aliphatic rings. The van der Waals surface area contributed by atoms with E-state index in [4.69, 9.17) is 0 Å². The van der Waals surface area contributed by atoms with Gasteiger partial charge in [-0.3, -0.25) is 9.59 Å². The fourth-order valence-electron chi connectivity index (χ4n) is 3.22. The van der Waals surface area contributed by atoms with Crippen molar-refractivity contribution in [3.63, 3.8) is 0 Å². The van der Waals surface area contributed by atoms with Crippen molar-refractivity contribution >= 4 is 27.7 Å². The summed E-state index contributed by atoms with van der Waals surface area (Å²) in [5.41, 5.74) is 1.04. The minimum atomic E-state index is -0.243. The summed E-state index contributed by atoms with van der Waals surface area (Å²) in [7, 11) is 0. The van der Waals surface area contributed by atoms with Crippen molar-refractivity contribution in [2.75, 3.05) is 6.54 Å². The van der Waals surface area contributed by atoms with Gasteiger partial charge in [0, 0.05) is 23.5 Å². The Morgan fingerprint density at radius 3 is 2.61 bits per heavy atom. The molecular formula is C18H25BrN2O2. The number of likely N-dealkylation sites (tertiary alicyclic amines) is 1. The molecule has 0 aromatic heterocycles. The molecule has 126 valence electrons. The van der Waals surface area contributed by atoms with E-state index in [2.05, 4.69) is 35.1 Å². The summed E-state index contributed by atoms with van der Waals surface area (Å²) in [5.74, 6) is -0.171. The normalized spacial score (nSPS) is 19.3. The van der Waals surface area contributed by atoms with Crippen LogP contribution in [0.3, 0.4) is 0 Å². The Bertz CT molecular complexity index is 572. The molecule has 1 N–H and O–H groups in total. The number of hydrogen-bond donors (Lipinski definition) is 1. The number of rotatable bonds is 6. The molecule has 2 unspecified atom stereocenters. The van der Waals surface area contributed by atoms with Gasteiger partial charge in [-0.25, -0.2) is 0 Å². The number of carbonyl (C=O) groups is 2. The molecule has 1 aromatic carbocycles. The molecule has 4 nitrogen and oxygen atoms in total. The van der Waals surface area contributed by atoms with Crippen molar-refractivity contribution in [1.29, 1.82) is 0 Å². The van der Waals surface area contributed by atoms with Gasteiger partial charge in [0.25, 0.3) is 0 Å². The zero-order valence-corrected chi connectivity index (χ0v) is 15.6. The van der Waals surface area contributed by atoms with Crippen molar-refractivity contribution in [3.05, 3.63) is 34.3 Å². The standard InChI is InChI=1S/C18H25BrN2O2/c1-4-14(5-2)21-11-13(10-17(21)22)18(23)20-12(3)15-8-6-7-9-16(15)19/h6-9,12-14H,4-5,10-11H2,1-3H3,(H,20,23). The lowest BCUT2D eigenvalue weighted by atomic mass is 10.0. The molecule has 1 aromatic rings. The lowest BCUT2D eigenvalue weighted by Gasteiger charge is -2.26. The minimum absolute atomic E-state index is 0.0324. The zero-order valence-electron chi connectivity index (χ0n) is 14.0. The summed E-state index contributed by atoms with van der Waals surface area (Å²) in [6, 6.07) is 8.02. The first-order valence-corrected chi connectivity index (χ1v) is 9.11. The maximum atomic E-state index is 12.5. The first-order valence-electron chi connectivity index (χ1n) is 8.32. The molecule has 0 spiro atoms. The molecule has 2 rings (SSSR count). The summed E-state index contributed by atoms with van der Waals surface area (Å²) in [4.78, 5) is 26.6. The topological polar surface area (TPSA) is 49.4 Å². The maximum Gasteiger partial charge on any atom is 0.225 e. The van der Waals surface area contributed by atoms with Crippen LogP contribution in [0.15, 0.2) is 28.7 Å². The highest BCUT2D eigenvalue weighted by Gasteiger charge is 2.37. The van der Waals surface area contributed by atoms with E-state index in [0.717, 1.165) is 22.9 Å². The molecular weight excluding hydrogens is 356 g/mol. The van der Waals surface area contributed by atoms with Gasteiger partial charge < -0.3 is 10.2 Å². The Labute approximate surface area is 146 Å². The van der Waals surface area contributed by atoms with Gasteiger partial charge >= 0.3 is 0 Å². The Morgan fingerprint density at radius 1 is 1.35 bits per heavy atom. The van der Waals surface area contributed by atoms with Crippen molar-refractivity contribution in [2.24, 2.45) is 5.92 Å². The number of nitrogens with zero attached hydrogens (tertiary/aromatic N) is 1. The Kier molecular flexibility index (Phi) is 6.22. The fourth-order valence-corrected chi connectivity index (χ4v) is 3.85. The third-order valence-electron chi connectivity index (χ3n) is 4.64. The number of halogens is 1. The molecule has 1 fully saturated rings. The molecule has 1 saturated heterocycles. The predicted octanol–water partition coefficient (Wildman–Crippen LogP) is 3.66. The van der Waals surface area contributed by atoms with Crippen molar-refractivity contribution < 1.29 is 9.59 Å². The molecule has 1 aliphatic heterocycles. The lowest BCUT2D eigenvalue weighted by Crippen LogP contribution is -2.38. The molecule has 2 amide bonds. The third kappa shape index (κ3) is 4.14. The Hall–Kier alpha value is -1.36. The van der Waals surface area contributed by atoms with Crippen molar-refractivity contribution in [3.8, 4) is 0 Å². The second-order valence-electron chi connectivity index (χ2n) is 6.17. The Morgan fingerprint density at radius 2 is 2.00 bits per heavy atom. The van der Waals surface area contributed by atoms with Crippen LogP contribution in [0.1, 0.15) is 51.6 Å². The average molecular weight is 381 g/mol. The molecule has 0 aliphatic carbocycles. The maximum absolute atomic E-state index is 12.5. The predicted molar refractivity (Wildman–Crippen MR) is 94.9 cm³/mol. The molecule has 0 radical (unpaired) electrons. The number of hydrogen-bond acceptors (Lipinski definition) is 2. The second-order valence-corrected chi connectivity index (χ2v) is 7.02. The van der Waals surface area contributed by atoms with Gasteiger partial charge in [-0.2, -0.15) is 0 Å². The zero-order chi connectivity index (χ0) is 17.0. The van der Waals surface area contributed by atoms with E-state index < -0.39 is 0 Å². The van der Waals surface area contributed by atoms with Crippen LogP contribution in [-0.4, -0.2) is 29.3 Å². The van der Waals surface area contributed by atoms with Gasteiger partial charge in [-0.1, -0.05) is 48.0 Å². The fraction of sp³-hybridized carbons (Fsp3) is 0.556. The van der Waals surface area contributed by atoms with Crippen molar-refractivity contribution in [1.82, 2.24) is 10.2 Å². The van der Waals surface area contributed by atoms with E-state index >= 15 is 0 Å². The van der Waals surface area contributed by atoms with E-state index in [0.29, 0.717) is 13.0 Å². The summed E-state index contributed by atoms with van der Waals surface area (Å²) >= 11 is 3.51. The smallest absolute Gasteiger partial charge is 0.225 e. The number of carbonyl (C=O) groups excluding carboxylic acids is 2. The molecule has 2 atom stereocenters. The summed E-state index contributed by atoms with van der Waals surface area (Å²) < 4.78 is 0.981. The quantitative estimate of drug-likeness (QED) is 0.818. The first kappa shape index (κ1) is 18.0. The van der Waals surface area contributed by atoms with Crippen molar-refractivity contribution in [2.45, 2.75) is 52.1 Å². The summed E-state index contributed by atoms with van der Waals surface area (Å²) in [6.45, 7) is 6.68. The highest BCUT2D eigenvalue weighted by Crippen LogP contribution is 2.26. The molecule has 0 saturated carbocycles. The molecule has 0 bridgehead atoms. The van der Waals surface area contributed by atoms with E-state index in [1.165, 1.54) is 0 Å². The van der Waals surface area contributed by atoms with Gasteiger partial charge in [0.2, 0.25) is 11.8 Å². The van der Waals surface area contributed by atoms with Gasteiger partial charge in [-0.05, 0) is 31.4 Å². The second kappa shape index (κ2) is 7.95. The number of amides is 2. The lowest BCUT2D eigenvalue weighted by molar-refractivity contribution is -0.130. The number of nitrogens with one attached hydrogen (secondary N) is 1. The van der Waals surface area contributed by atoms with E-state index in [1.54, 1.807) is 0 Å². The third-order valence-corrected chi connectivity index (χ3v) is 5.37. The van der Waals surface area contributed by atoms with Crippen LogP contribution in [0.2, 0.25) is 0 Å². The van der Waals surface area contributed by atoms with Crippen LogP contribution >= 0.6 is 15.9 Å². The summed E-state index contributed by atoms with van der Waals surface area (Å²) in [5, 5.41) is 3.05. The highest BCUT2D eigenvalue weighted by atomic mass is 79.9. The van der Waals surface area contributed by atoms with E-state index in [-0.39, 0.29) is 29.8 Å². The summed E-state index contributed by atoms with van der Waals surface area (Å²) in [6.07, 6.45) is 2.19. The SMILES string of the molecule is CCC(CC)N1CC(C(=O)NC(C)c2ccccc2Br)CC1=O. The Balaban J connectivity index is 1.99. The van der Waals surface area contributed by atoms with Crippen LogP contribution in [0.25, 0.3) is 0 Å². The highest BCUT2D eigenvalue weighted by molar-refractivity contribution is 9.10. The van der Waals surface area contributed by atoms with Crippen LogP contribution in [0.5, 0.6) is 0 Å².